The summed E-state index contributed by atoms with van der Waals surface area (Å²) in [6.45, 7) is 6.47. The summed E-state index contributed by atoms with van der Waals surface area (Å²) in [7, 11) is 0. The summed E-state index contributed by atoms with van der Waals surface area (Å²) in [5.41, 5.74) is 1.07. The monoisotopic (exact) mass is 328 g/mol. The minimum Gasteiger partial charge on any atom is -0.459 e. The second-order valence-corrected chi connectivity index (χ2v) is 7.66. The molecule has 4 nitrogen and oxygen atoms in total. The van der Waals surface area contributed by atoms with Gasteiger partial charge in [-0.25, -0.2) is 4.79 Å². The van der Waals surface area contributed by atoms with E-state index in [9.17, 15) is 4.79 Å². The average Bonchev–Trinajstić information content (AvgIpc) is 3.03. The normalized spacial score (nSPS) is 34.2. The van der Waals surface area contributed by atoms with Crippen molar-refractivity contribution < 1.29 is 9.53 Å². The molecule has 1 aromatic carbocycles. The van der Waals surface area contributed by atoms with Gasteiger partial charge < -0.3 is 4.74 Å². The molecular weight excluding hydrogens is 300 g/mol. The number of rotatable bonds is 4. The van der Waals surface area contributed by atoms with Gasteiger partial charge in [0.25, 0.3) is 0 Å². The smallest absolute Gasteiger partial charge is 0.328 e. The maximum absolute atomic E-state index is 13.1. The van der Waals surface area contributed by atoms with Crippen molar-refractivity contribution >= 4 is 5.97 Å². The van der Waals surface area contributed by atoms with Crippen molar-refractivity contribution in [3.05, 3.63) is 35.9 Å². The third-order valence-corrected chi connectivity index (χ3v) is 6.14. The van der Waals surface area contributed by atoms with Crippen molar-refractivity contribution in [2.24, 2.45) is 5.92 Å². The van der Waals surface area contributed by atoms with E-state index in [1.807, 2.05) is 18.2 Å². The lowest BCUT2D eigenvalue weighted by molar-refractivity contribution is -0.165. The maximum atomic E-state index is 13.1. The lowest BCUT2D eigenvalue weighted by atomic mass is 9.86. The van der Waals surface area contributed by atoms with Gasteiger partial charge in [-0.05, 0) is 63.7 Å². The Labute approximate surface area is 144 Å². The van der Waals surface area contributed by atoms with E-state index in [-0.39, 0.29) is 18.1 Å². The van der Waals surface area contributed by atoms with E-state index < -0.39 is 0 Å². The van der Waals surface area contributed by atoms with Gasteiger partial charge in [-0.15, -0.1) is 0 Å². The summed E-state index contributed by atoms with van der Waals surface area (Å²) in [6.07, 6.45) is 4.76. The Morgan fingerprint density at radius 1 is 1.12 bits per heavy atom. The summed E-state index contributed by atoms with van der Waals surface area (Å²) in [5, 5.41) is 0. The molecule has 0 saturated carbocycles. The Kier molecular flexibility index (Phi) is 4.59. The standard InChI is InChI=1S/C20H28N2O2/c1-15-6-5-11-22(15)19(17-7-3-2-4-8-17)20(23)24-18-14-21-12-9-16(18)10-13-21/h2-4,7-8,15-16,18-19H,5-6,9-14H2,1H3. The van der Waals surface area contributed by atoms with Crippen molar-refractivity contribution in [1.82, 2.24) is 9.80 Å². The molecule has 0 N–H and O–H groups in total. The van der Waals surface area contributed by atoms with Gasteiger partial charge in [0.15, 0.2) is 0 Å². The highest BCUT2D eigenvalue weighted by Crippen LogP contribution is 2.34. The predicted octanol–water partition coefficient (Wildman–Crippen LogP) is 2.85. The number of hydrogen-bond acceptors (Lipinski definition) is 4. The van der Waals surface area contributed by atoms with Crippen LogP contribution in [0.25, 0.3) is 0 Å². The number of likely N-dealkylation sites (tertiary alicyclic amines) is 1. The van der Waals surface area contributed by atoms with Gasteiger partial charge in [0.1, 0.15) is 12.1 Å². The molecule has 4 saturated heterocycles. The first-order chi connectivity index (χ1) is 11.7. The minimum absolute atomic E-state index is 0.0475. The maximum Gasteiger partial charge on any atom is 0.328 e. The van der Waals surface area contributed by atoms with Crippen molar-refractivity contribution in [1.29, 1.82) is 0 Å². The molecule has 3 unspecified atom stereocenters. The van der Waals surface area contributed by atoms with Gasteiger partial charge in [-0.1, -0.05) is 30.3 Å². The lowest BCUT2D eigenvalue weighted by Crippen LogP contribution is -2.52. The Balaban J connectivity index is 1.53. The zero-order valence-electron chi connectivity index (χ0n) is 14.6. The average molecular weight is 328 g/mol. The zero-order chi connectivity index (χ0) is 16.5. The first kappa shape index (κ1) is 16.1. The van der Waals surface area contributed by atoms with E-state index in [4.69, 9.17) is 4.74 Å². The fourth-order valence-corrected chi connectivity index (χ4v) is 4.70. The number of ether oxygens (including phenoxy) is 1. The zero-order valence-corrected chi connectivity index (χ0v) is 14.6. The molecule has 4 aliphatic heterocycles. The molecule has 0 spiro atoms. The molecule has 3 atom stereocenters. The highest BCUT2D eigenvalue weighted by atomic mass is 16.5. The van der Waals surface area contributed by atoms with Crippen LogP contribution in [0, 0.1) is 5.92 Å². The molecule has 0 aromatic heterocycles. The van der Waals surface area contributed by atoms with Crippen molar-refractivity contribution in [3.63, 3.8) is 0 Å². The topological polar surface area (TPSA) is 32.8 Å². The first-order valence-corrected chi connectivity index (χ1v) is 9.46. The van der Waals surface area contributed by atoms with Crippen LogP contribution in [0.4, 0.5) is 0 Å². The van der Waals surface area contributed by atoms with Crippen LogP contribution in [-0.2, 0) is 9.53 Å². The van der Waals surface area contributed by atoms with Crippen LogP contribution in [0.1, 0.15) is 44.2 Å². The number of carbonyl (C=O) groups excluding carboxylic acids is 1. The number of carbonyl (C=O) groups is 1. The van der Waals surface area contributed by atoms with Crippen LogP contribution >= 0.6 is 0 Å². The minimum atomic E-state index is -0.251. The number of esters is 1. The van der Waals surface area contributed by atoms with Gasteiger partial charge in [-0.3, -0.25) is 9.80 Å². The molecule has 130 valence electrons. The van der Waals surface area contributed by atoms with E-state index in [0.717, 1.165) is 31.5 Å². The van der Waals surface area contributed by atoms with Crippen LogP contribution in [0.15, 0.2) is 30.3 Å². The fraction of sp³-hybridized carbons (Fsp3) is 0.650. The Hall–Kier alpha value is -1.39. The summed E-state index contributed by atoms with van der Waals surface area (Å²) in [6, 6.07) is 10.4. The van der Waals surface area contributed by atoms with Gasteiger partial charge in [-0.2, -0.15) is 0 Å². The SMILES string of the molecule is CC1CCCN1C(C(=O)OC1CN2CCC1CC2)c1ccccc1. The molecule has 4 heteroatoms. The van der Waals surface area contributed by atoms with Crippen molar-refractivity contribution in [3.8, 4) is 0 Å². The van der Waals surface area contributed by atoms with Crippen LogP contribution < -0.4 is 0 Å². The number of benzene rings is 1. The third-order valence-electron chi connectivity index (χ3n) is 6.14. The second kappa shape index (κ2) is 6.85. The van der Waals surface area contributed by atoms with E-state index >= 15 is 0 Å². The van der Waals surface area contributed by atoms with E-state index in [0.29, 0.717) is 12.0 Å². The number of nitrogens with zero attached hydrogens (tertiary/aromatic N) is 2. The summed E-state index contributed by atoms with van der Waals surface area (Å²) in [5.74, 6) is 0.514. The summed E-state index contributed by atoms with van der Waals surface area (Å²) in [4.78, 5) is 17.9. The molecule has 4 fully saturated rings. The second-order valence-electron chi connectivity index (χ2n) is 7.66. The molecular formula is C20H28N2O2. The van der Waals surface area contributed by atoms with Crippen molar-refractivity contribution in [2.45, 2.75) is 50.8 Å². The van der Waals surface area contributed by atoms with E-state index in [1.54, 1.807) is 0 Å². The molecule has 2 bridgehead atoms. The molecule has 5 rings (SSSR count). The van der Waals surface area contributed by atoms with Gasteiger partial charge in [0, 0.05) is 12.6 Å². The van der Waals surface area contributed by atoms with E-state index in [1.165, 1.54) is 25.9 Å². The highest BCUT2D eigenvalue weighted by molar-refractivity contribution is 5.78. The fourth-order valence-electron chi connectivity index (χ4n) is 4.70. The molecule has 1 aromatic rings. The van der Waals surface area contributed by atoms with Crippen LogP contribution in [-0.4, -0.2) is 54.1 Å². The van der Waals surface area contributed by atoms with Crippen LogP contribution in [0.5, 0.6) is 0 Å². The van der Waals surface area contributed by atoms with Crippen LogP contribution in [0.2, 0.25) is 0 Å². The summed E-state index contributed by atoms with van der Waals surface area (Å²) < 4.78 is 6.08. The Bertz CT molecular complexity index is 568. The van der Waals surface area contributed by atoms with E-state index in [2.05, 4.69) is 28.9 Å². The van der Waals surface area contributed by atoms with Gasteiger partial charge in [0.05, 0.1) is 0 Å². The number of fused-ring (bicyclic) bond motifs is 3. The first-order valence-electron chi connectivity index (χ1n) is 9.46. The Morgan fingerprint density at radius 2 is 1.88 bits per heavy atom. The Morgan fingerprint density at radius 3 is 2.46 bits per heavy atom. The van der Waals surface area contributed by atoms with Gasteiger partial charge >= 0.3 is 5.97 Å². The largest absolute Gasteiger partial charge is 0.459 e. The predicted molar refractivity (Wildman–Crippen MR) is 93.6 cm³/mol. The quantitative estimate of drug-likeness (QED) is 0.796. The number of hydrogen-bond donors (Lipinski definition) is 0. The molecule has 0 aliphatic carbocycles. The third kappa shape index (κ3) is 3.09. The van der Waals surface area contributed by atoms with Crippen molar-refractivity contribution in [2.75, 3.05) is 26.2 Å². The van der Waals surface area contributed by atoms with Crippen LogP contribution in [0.3, 0.4) is 0 Å². The highest BCUT2D eigenvalue weighted by Gasteiger charge is 2.40. The van der Waals surface area contributed by atoms with Gasteiger partial charge in [0.2, 0.25) is 0 Å². The molecule has 4 aliphatic rings. The lowest BCUT2D eigenvalue weighted by Gasteiger charge is -2.44. The molecule has 0 radical (unpaired) electrons. The summed E-state index contributed by atoms with van der Waals surface area (Å²) >= 11 is 0. The molecule has 4 heterocycles. The molecule has 24 heavy (non-hydrogen) atoms. The molecule has 0 amide bonds. The number of piperidine rings is 3.